The van der Waals surface area contributed by atoms with Crippen LogP contribution in [-0.2, 0) is 4.79 Å². The fourth-order valence-electron chi connectivity index (χ4n) is 1.73. The van der Waals surface area contributed by atoms with Gasteiger partial charge in [0.2, 0.25) is 0 Å². The Morgan fingerprint density at radius 3 is 2.61 bits per heavy atom. The van der Waals surface area contributed by atoms with E-state index in [4.69, 9.17) is 16.7 Å². The highest BCUT2D eigenvalue weighted by molar-refractivity contribution is 6.33. The van der Waals surface area contributed by atoms with Crippen LogP contribution in [-0.4, -0.2) is 39.6 Å². The third-order valence-corrected chi connectivity index (χ3v) is 3.06. The molecule has 0 spiro atoms. The maximum Gasteiger partial charge on any atom is 0.323 e. The summed E-state index contributed by atoms with van der Waals surface area (Å²) >= 11 is 5.89. The highest BCUT2D eigenvalue weighted by Gasteiger charge is 2.35. The highest BCUT2D eigenvalue weighted by Crippen LogP contribution is 2.30. The standard InChI is InChI=1S/C12H12ClNO4/c13-10-4-3-8(15)5-9(10)12(18)14(6-11(16)17)7-1-2-7/h3-5,7,15H,1-2,6H2,(H,16,17). The number of hydrogen-bond acceptors (Lipinski definition) is 3. The van der Waals surface area contributed by atoms with Crippen molar-refractivity contribution in [1.82, 2.24) is 4.90 Å². The van der Waals surface area contributed by atoms with Gasteiger partial charge in [0, 0.05) is 6.04 Å². The van der Waals surface area contributed by atoms with E-state index in [2.05, 4.69) is 0 Å². The fraction of sp³-hybridized carbons (Fsp3) is 0.333. The van der Waals surface area contributed by atoms with Crippen LogP contribution in [0.15, 0.2) is 18.2 Å². The van der Waals surface area contributed by atoms with Gasteiger partial charge in [-0.2, -0.15) is 0 Å². The summed E-state index contributed by atoms with van der Waals surface area (Å²) in [5.41, 5.74) is 0.129. The van der Waals surface area contributed by atoms with Crippen molar-refractivity contribution in [3.05, 3.63) is 28.8 Å². The number of rotatable bonds is 4. The Hall–Kier alpha value is -1.75. The van der Waals surface area contributed by atoms with Gasteiger partial charge in [-0.15, -0.1) is 0 Å². The second kappa shape index (κ2) is 4.86. The van der Waals surface area contributed by atoms with Gasteiger partial charge in [0.15, 0.2) is 0 Å². The maximum atomic E-state index is 12.2. The first-order valence-electron chi connectivity index (χ1n) is 5.50. The molecule has 1 aliphatic carbocycles. The van der Waals surface area contributed by atoms with Crippen molar-refractivity contribution in [2.24, 2.45) is 0 Å². The predicted octanol–water partition coefficient (Wildman–Crippen LogP) is 1.73. The van der Waals surface area contributed by atoms with Gasteiger partial charge in [-0.1, -0.05) is 11.6 Å². The number of carbonyl (C=O) groups excluding carboxylic acids is 1. The molecule has 1 aromatic carbocycles. The lowest BCUT2D eigenvalue weighted by molar-refractivity contribution is -0.137. The van der Waals surface area contributed by atoms with Crippen LogP contribution in [0.4, 0.5) is 0 Å². The average Bonchev–Trinajstić information content (AvgIpc) is 3.12. The average molecular weight is 270 g/mol. The number of phenols is 1. The second-order valence-electron chi connectivity index (χ2n) is 4.22. The Bertz CT molecular complexity index is 499. The van der Waals surface area contributed by atoms with Crippen molar-refractivity contribution in [2.75, 3.05) is 6.54 Å². The normalized spacial score (nSPS) is 14.3. The first kappa shape index (κ1) is 12.7. The van der Waals surface area contributed by atoms with Crippen LogP contribution < -0.4 is 0 Å². The smallest absolute Gasteiger partial charge is 0.323 e. The van der Waals surface area contributed by atoms with Crippen LogP contribution in [0.5, 0.6) is 5.75 Å². The van der Waals surface area contributed by atoms with E-state index in [1.165, 1.54) is 23.1 Å². The molecule has 0 unspecified atom stereocenters. The lowest BCUT2D eigenvalue weighted by atomic mass is 10.2. The van der Waals surface area contributed by atoms with Crippen LogP contribution in [0.25, 0.3) is 0 Å². The summed E-state index contributed by atoms with van der Waals surface area (Å²) in [4.78, 5) is 24.2. The zero-order chi connectivity index (χ0) is 13.3. The number of hydrogen-bond donors (Lipinski definition) is 2. The van der Waals surface area contributed by atoms with E-state index in [9.17, 15) is 14.7 Å². The fourth-order valence-corrected chi connectivity index (χ4v) is 1.93. The number of carboxylic acids is 1. The number of aromatic hydroxyl groups is 1. The molecular formula is C12H12ClNO4. The first-order chi connectivity index (χ1) is 8.49. The van der Waals surface area contributed by atoms with E-state index in [1.807, 2.05) is 0 Å². The molecule has 2 N–H and O–H groups in total. The quantitative estimate of drug-likeness (QED) is 0.873. The van der Waals surface area contributed by atoms with Gasteiger partial charge in [0.1, 0.15) is 12.3 Å². The van der Waals surface area contributed by atoms with Gasteiger partial charge in [0.25, 0.3) is 5.91 Å². The highest BCUT2D eigenvalue weighted by atomic mass is 35.5. The number of halogens is 1. The zero-order valence-corrected chi connectivity index (χ0v) is 10.2. The number of aliphatic carboxylic acids is 1. The molecular weight excluding hydrogens is 258 g/mol. The predicted molar refractivity (Wildman–Crippen MR) is 64.8 cm³/mol. The molecule has 2 rings (SSSR count). The Morgan fingerprint density at radius 2 is 2.06 bits per heavy atom. The summed E-state index contributed by atoms with van der Waals surface area (Å²) in [7, 11) is 0. The number of carboxylic acid groups (broad SMARTS) is 1. The minimum absolute atomic E-state index is 0.0352. The summed E-state index contributed by atoms with van der Waals surface area (Å²) < 4.78 is 0. The number of carbonyl (C=O) groups is 2. The topological polar surface area (TPSA) is 77.8 Å². The summed E-state index contributed by atoms with van der Waals surface area (Å²) in [6.45, 7) is -0.352. The number of phenolic OH excluding ortho intramolecular Hbond substituents is 1. The van der Waals surface area contributed by atoms with E-state index in [0.29, 0.717) is 0 Å². The van der Waals surface area contributed by atoms with Crippen molar-refractivity contribution in [2.45, 2.75) is 18.9 Å². The minimum Gasteiger partial charge on any atom is -0.508 e. The third kappa shape index (κ3) is 2.73. The Labute approximate surface area is 109 Å². The molecule has 0 aliphatic heterocycles. The summed E-state index contributed by atoms with van der Waals surface area (Å²) in [6, 6.07) is 4.00. The lowest BCUT2D eigenvalue weighted by Crippen LogP contribution is -2.37. The van der Waals surface area contributed by atoms with Crippen LogP contribution >= 0.6 is 11.6 Å². The SMILES string of the molecule is O=C(O)CN(C(=O)c1cc(O)ccc1Cl)C1CC1. The molecule has 6 heteroatoms. The van der Waals surface area contributed by atoms with Crippen LogP contribution in [0.1, 0.15) is 23.2 Å². The molecule has 0 saturated heterocycles. The van der Waals surface area contributed by atoms with Gasteiger partial charge < -0.3 is 15.1 Å². The number of benzene rings is 1. The van der Waals surface area contributed by atoms with Crippen molar-refractivity contribution < 1.29 is 19.8 Å². The molecule has 0 atom stereocenters. The molecule has 1 aromatic rings. The molecule has 1 amide bonds. The summed E-state index contributed by atoms with van der Waals surface area (Å²) in [5.74, 6) is -1.60. The molecule has 0 heterocycles. The van der Waals surface area contributed by atoms with Gasteiger partial charge in [0.05, 0.1) is 10.6 Å². The summed E-state index contributed by atoms with van der Waals surface area (Å²) in [6.07, 6.45) is 1.60. The molecule has 0 aromatic heterocycles. The second-order valence-corrected chi connectivity index (χ2v) is 4.63. The molecule has 5 nitrogen and oxygen atoms in total. The number of amides is 1. The van der Waals surface area contributed by atoms with Crippen LogP contribution in [0.2, 0.25) is 5.02 Å². The molecule has 1 aliphatic rings. The van der Waals surface area contributed by atoms with E-state index in [-0.39, 0.29) is 28.9 Å². The van der Waals surface area contributed by atoms with Gasteiger partial charge in [-0.05, 0) is 31.0 Å². The molecule has 96 valence electrons. The van der Waals surface area contributed by atoms with E-state index < -0.39 is 11.9 Å². The van der Waals surface area contributed by atoms with Gasteiger partial charge >= 0.3 is 5.97 Å². The zero-order valence-electron chi connectivity index (χ0n) is 9.47. The molecule has 18 heavy (non-hydrogen) atoms. The van der Waals surface area contributed by atoms with Crippen LogP contribution in [0, 0.1) is 0 Å². The van der Waals surface area contributed by atoms with Crippen molar-refractivity contribution in [3.8, 4) is 5.75 Å². The molecule has 1 saturated carbocycles. The van der Waals surface area contributed by atoms with Crippen molar-refractivity contribution in [1.29, 1.82) is 0 Å². The van der Waals surface area contributed by atoms with E-state index in [1.54, 1.807) is 0 Å². The third-order valence-electron chi connectivity index (χ3n) is 2.73. The maximum absolute atomic E-state index is 12.2. The van der Waals surface area contributed by atoms with Crippen LogP contribution in [0.3, 0.4) is 0 Å². The minimum atomic E-state index is -1.06. The monoisotopic (exact) mass is 269 g/mol. The van der Waals surface area contributed by atoms with Gasteiger partial charge in [-0.25, -0.2) is 0 Å². The van der Waals surface area contributed by atoms with Crippen molar-refractivity contribution in [3.63, 3.8) is 0 Å². The molecule has 1 fully saturated rings. The summed E-state index contributed by atoms with van der Waals surface area (Å²) in [5, 5.41) is 18.4. The van der Waals surface area contributed by atoms with E-state index in [0.717, 1.165) is 12.8 Å². The Morgan fingerprint density at radius 1 is 1.39 bits per heavy atom. The van der Waals surface area contributed by atoms with Crippen molar-refractivity contribution >= 4 is 23.5 Å². The van der Waals surface area contributed by atoms with E-state index >= 15 is 0 Å². The lowest BCUT2D eigenvalue weighted by Gasteiger charge is -2.20. The molecule has 0 bridgehead atoms. The number of nitrogens with zero attached hydrogens (tertiary/aromatic N) is 1. The molecule has 0 radical (unpaired) electrons. The first-order valence-corrected chi connectivity index (χ1v) is 5.88. The van der Waals surface area contributed by atoms with Gasteiger partial charge in [-0.3, -0.25) is 9.59 Å². The largest absolute Gasteiger partial charge is 0.508 e. The Kier molecular flexibility index (Phi) is 3.43. The Balaban J connectivity index is 2.27.